The lowest BCUT2D eigenvalue weighted by Gasteiger charge is -2.28. The molecule has 0 N–H and O–H groups in total. The highest BCUT2D eigenvalue weighted by Crippen LogP contribution is 2.35. The standard InChI is InChI=1S/C29H46ClN5O2Si2/c1-38(2,3)16-14-36-21-34(22-37-15-17-39(4,5)6)28-18-26(23-10-8-7-9-11-23)33-29-25(20-32-35(28)29)24-12-13-27(30)31-19-24/h12-13,18-20,23H,7-11,14-17,21-22H2,1-6H3. The number of fused-ring (bicyclic) bond motifs is 1. The SMILES string of the molecule is C[Si](C)(C)CCOCN(COCC[Si](C)(C)C)c1cc(C2CCCCC2)nc2c(-c3ccc(Cl)nc3)cnn12. The number of nitrogens with zero attached hydrogens (tertiary/aromatic N) is 5. The second-order valence-corrected chi connectivity index (χ2v) is 24.9. The topological polar surface area (TPSA) is 64.8 Å². The number of hydrogen-bond acceptors (Lipinski definition) is 6. The van der Waals surface area contributed by atoms with Crippen LogP contribution < -0.4 is 4.90 Å². The smallest absolute Gasteiger partial charge is 0.165 e. The molecule has 0 atom stereocenters. The first-order valence-electron chi connectivity index (χ1n) is 14.4. The predicted octanol–water partition coefficient (Wildman–Crippen LogP) is 7.92. The number of aromatic nitrogens is 4. The van der Waals surface area contributed by atoms with Gasteiger partial charge >= 0.3 is 0 Å². The van der Waals surface area contributed by atoms with Crippen LogP contribution in [0, 0.1) is 0 Å². The second-order valence-electron chi connectivity index (χ2n) is 13.3. The summed E-state index contributed by atoms with van der Waals surface area (Å²) in [6.07, 6.45) is 9.85. The summed E-state index contributed by atoms with van der Waals surface area (Å²) in [5.41, 5.74) is 3.89. The van der Waals surface area contributed by atoms with Gasteiger partial charge in [-0.3, -0.25) is 0 Å². The van der Waals surface area contributed by atoms with Crippen molar-refractivity contribution in [1.29, 1.82) is 0 Å². The summed E-state index contributed by atoms with van der Waals surface area (Å²) in [6.45, 7) is 16.7. The first-order valence-corrected chi connectivity index (χ1v) is 22.2. The zero-order valence-electron chi connectivity index (χ0n) is 24.7. The van der Waals surface area contributed by atoms with Crippen molar-refractivity contribution in [3.63, 3.8) is 0 Å². The van der Waals surface area contributed by atoms with E-state index in [1.807, 2.05) is 22.8 Å². The van der Waals surface area contributed by atoms with Gasteiger partial charge in [0.05, 0.1) is 6.20 Å². The van der Waals surface area contributed by atoms with Gasteiger partial charge in [0.1, 0.15) is 24.4 Å². The third-order valence-corrected chi connectivity index (χ3v) is 11.0. The minimum absolute atomic E-state index is 0.455. The van der Waals surface area contributed by atoms with Crippen LogP contribution in [-0.4, -0.2) is 62.4 Å². The van der Waals surface area contributed by atoms with Crippen molar-refractivity contribution in [2.45, 2.75) is 89.4 Å². The van der Waals surface area contributed by atoms with Gasteiger partial charge in [-0.05, 0) is 37.1 Å². The van der Waals surface area contributed by atoms with Crippen molar-refractivity contribution >= 4 is 39.2 Å². The Hall–Kier alpha value is -1.79. The van der Waals surface area contributed by atoms with Crippen LogP contribution in [0.5, 0.6) is 0 Å². The van der Waals surface area contributed by atoms with Gasteiger partial charge in [-0.15, -0.1) is 0 Å². The number of halogens is 1. The number of rotatable bonds is 13. The Morgan fingerprint density at radius 1 is 0.923 bits per heavy atom. The van der Waals surface area contributed by atoms with Gasteiger partial charge in [-0.2, -0.15) is 9.61 Å². The van der Waals surface area contributed by atoms with Gasteiger partial charge in [-0.1, -0.05) is 70.1 Å². The summed E-state index contributed by atoms with van der Waals surface area (Å²) in [7, 11) is -2.37. The summed E-state index contributed by atoms with van der Waals surface area (Å²) < 4.78 is 14.5. The quantitative estimate of drug-likeness (QED) is 0.0875. The molecule has 39 heavy (non-hydrogen) atoms. The van der Waals surface area contributed by atoms with E-state index in [1.54, 1.807) is 6.20 Å². The fourth-order valence-electron chi connectivity index (χ4n) is 4.81. The normalized spacial score (nSPS) is 15.3. The molecule has 10 heteroatoms. The summed E-state index contributed by atoms with van der Waals surface area (Å²) in [5, 5.41) is 5.29. The molecule has 0 unspecified atom stereocenters. The highest BCUT2D eigenvalue weighted by molar-refractivity contribution is 6.76. The second kappa shape index (κ2) is 13.3. The highest BCUT2D eigenvalue weighted by atomic mass is 35.5. The van der Waals surface area contributed by atoms with Gasteiger partial charge in [0.25, 0.3) is 0 Å². The molecule has 0 amide bonds. The maximum Gasteiger partial charge on any atom is 0.165 e. The molecule has 0 aromatic carbocycles. The van der Waals surface area contributed by atoms with E-state index in [-0.39, 0.29) is 0 Å². The van der Waals surface area contributed by atoms with E-state index in [2.05, 4.69) is 55.2 Å². The molecular formula is C29H46ClN5O2Si2. The van der Waals surface area contributed by atoms with E-state index in [9.17, 15) is 0 Å². The van der Waals surface area contributed by atoms with Gasteiger partial charge in [-0.25, -0.2) is 9.97 Å². The number of ether oxygens (including phenoxy) is 2. The summed E-state index contributed by atoms with van der Waals surface area (Å²) in [6, 6.07) is 8.29. The minimum Gasteiger partial charge on any atom is -0.361 e. The van der Waals surface area contributed by atoms with Gasteiger partial charge in [0, 0.05) is 64.4 Å². The Labute approximate surface area is 241 Å². The number of pyridine rings is 1. The first kappa shape index (κ1) is 30.2. The highest BCUT2D eigenvalue weighted by Gasteiger charge is 2.24. The average Bonchev–Trinajstić information content (AvgIpc) is 3.31. The lowest BCUT2D eigenvalue weighted by Crippen LogP contribution is -2.33. The Bertz CT molecular complexity index is 1180. The van der Waals surface area contributed by atoms with E-state index < -0.39 is 16.1 Å². The van der Waals surface area contributed by atoms with Crippen LogP contribution >= 0.6 is 11.6 Å². The summed E-state index contributed by atoms with van der Waals surface area (Å²) in [4.78, 5) is 11.7. The van der Waals surface area contributed by atoms with Gasteiger partial charge in [0.2, 0.25) is 0 Å². The van der Waals surface area contributed by atoms with Crippen LogP contribution in [0.3, 0.4) is 0 Å². The lowest BCUT2D eigenvalue weighted by molar-refractivity contribution is 0.0942. The summed E-state index contributed by atoms with van der Waals surface area (Å²) >= 11 is 6.08. The van der Waals surface area contributed by atoms with Crippen LogP contribution in [0.25, 0.3) is 16.8 Å². The average molecular weight is 588 g/mol. The first-order chi connectivity index (χ1) is 18.5. The van der Waals surface area contributed by atoms with Crippen LogP contribution in [-0.2, 0) is 9.47 Å². The van der Waals surface area contributed by atoms with Gasteiger partial charge < -0.3 is 14.4 Å². The molecule has 0 aliphatic heterocycles. The van der Waals surface area contributed by atoms with E-state index in [4.69, 9.17) is 31.2 Å². The molecule has 0 bridgehead atoms. The van der Waals surface area contributed by atoms with Crippen molar-refractivity contribution < 1.29 is 9.47 Å². The monoisotopic (exact) mass is 587 g/mol. The van der Waals surface area contributed by atoms with E-state index in [0.717, 1.165) is 53.6 Å². The molecule has 4 rings (SSSR count). The molecule has 0 saturated heterocycles. The molecule has 3 aromatic rings. The van der Waals surface area contributed by atoms with Crippen molar-refractivity contribution in [3.05, 3.63) is 41.4 Å². The fraction of sp³-hybridized carbons (Fsp3) is 0.621. The van der Waals surface area contributed by atoms with Crippen molar-refractivity contribution in [1.82, 2.24) is 19.6 Å². The third kappa shape index (κ3) is 8.85. The molecule has 3 aromatic heterocycles. The molecule has 1 aliphatic carbocycles. The minimum atomic E-state index is -1.19. The number of hydrogen-bond donors (Lipinski definition) is 0. The zero-order valence-corrected chi connectivity index (χ0v) is 27.4. The van der Waals surface area contributed by atoms with Crippen molar-refractivity contribution in [3.8, 4) is 11.1 Å². The van der Waals surface area contributed by atoms with Crippen molar-refractivity contribution in [2.24, 2.45) is 0 Å². The van der Waals surface area contributed by atoms with Gasteiger partial charge in [0.15, 0.2) is 5.65 Å². The zero-order chi connectivity index (χ0) is 28.0. The molecule has 0 radical (unpaired) electrons. The van der Waals surface area contributed by atoms with Crippen molar-refractivity contribution in [2.75, 3.05) is 31.6 Å². The Kier molecular flexibility index (Phi) is 10.3. The molecule has 7 nitrogen and oxygen atoms in total. The molecule has 214 valence electrons. The van der Waals surface area contributed by atoms with Crippen LogP contribution in [0.15, 0.2) is 30.6 Å². The Morgan fingerprint density at radius 2 is 1.56 bits per heavy atom. The molecule has 1 aliphatic rings. The largest absolute Gasteiger partial charge is 0.361 e. The lowest BCUT2D eigenvalue weighted by atomic mass is 9.87. The van der Waals surface area contributed by atoms with Crippen LogP contribution in [0.1, 0.15) is 43.7 Å². The fourth-order valence-corrected chi connectivity index (χ4v) is 6.44. The molecule has 1 saturated carbocycles. The van der Waals surface area contributed by atoms with Crippen LogP contribution in [0.2, 0.25) is 56.5 Å². The van der Waals surface area contributed by atoms with Crippen LogP contribution in [0.4, 0.5) is 5.82 Å². The van der Waals surface area contributed by atoms with E-state index >= 15 is 0 Å². The maximum absolute atomic E-state index is 6.27. The summed E-state index contributed by atoms with van der Waals surface area (Å²) in [5.74, 6) is 1.42. The number of anilines is 1. The van der Waals surface area contributed by atoms with E-state index in [0.29, 0.717) is 24.5 Å². The molecule has 3 heterocycles. The molecule has 0 spiro atoms. The Morgan fingerprint density at radius 3 is 2.13 bits per heavy atom. The molecular weight excluding hydrogens is 542 g/mol. The molecule has 1 fully saturated rings. The predicted molar refractivity (Wildman–Crippen MR) is 167 cm³/mol. The third-order valence-electron chi connectivity index (χ3n) is 7.35. The Balaban J connectivity index is 1.69. The maximum atomic E-state index is 6.27. The van der Waals surface area contributed by atoms with E-state index in [1.165, 1.54) is 32.1 Å².